The van der Waals surface area contributed by atoms with Crippen LogP contribution in [0.15, 0.2) is 60.7 Å². The lowest BCUT2D eigenvalue weighted by Crippen LogP contribution is -1.95. The minimum absolute atomic E-state index is 0.0731. The minimum Gasteiger partial charge on any atom is -0.206 e. The van der Waals surface area contributed by atoms with Gasteiger partial charge in [-0.2, -0.15) is 0 Å². The van der Waals surface area contributed by atoms with Crippen LogP contribution >= 0.6 is 0 Å². The molecule has 31 heavy (non-hydrogen) atoms. The highest BCUT2D eigenvalue weighted by Crippen LogP contribution is 2.27. The Morgan fingerprint density at radius 1 is 0.677 bits per heavy atom. The van der Waals surface area contributed by atoms with E-state index in [9.17, 15) is 22.0 Å². The van der Waals surface area contributed by atoms with E-state index in [1.54, 1.807) is 6.07 Å². The number of halogens is 5. The van der Waals surface area contributed by atoms with E-state index < -0.39 is 34.6 Å². The molecule has 0 bridgehead atoms. The van der Waals surface area contributed by atoms with Crippen molar-refractivity contribution in [1.82, 2.24) is 0 Å². The molecule has 5 heteroatoms. The van der Waals surface area contributed by atoms with Gasteiger partial charge >= 0.3 is 0 Å². The summed E-state index contributed by atoms with van der Waals surface area (Å²) < 4.78 is 70.6. The lowest BCUT2D eigenvalue weighted by atomic mass is 10.00. The molecule has 0 spiro atoms. The average Bonchev–Trinajstić information content (AvgIpc) is 2.75. The van der Waals surface area contributed by atoms with Crippen LogP contribution in [0.4, 0.5) is 22.0 Å². The van der Waals surface area contributed by atoms with E-state index in [-0.39, 0.29) is 16.5 Å². The number of hydrogen-bond donors (Lipinski definition) is 0. The van der Waals surface area contributed by atoms with Crippen molar-refractivity contribution in [2.45, 2.75) is 13.3 Å². The molecule has 0 aliphatic rings. The Labute approximate surface area is 176 Å². The first-order chi connectivity index (χ1) is 14.9. The van der Waals surface area contributed by atoms with Gasteiger partial charge in [-0.05, 0) is 59.3 Å². The first kappa shape index (κ1) is 20.6. The Morgan fingerprint density at radius 3 is 2.10 bits per heavy atom. The molecule has 4 aromatic rings. The SMILES string of the molecule is CCc1ccc(-c2cc(F)c(C#Cc3ccc4c(F)c(F)ccc4c3)c(F)c2)c(F)c1. The van der Waals surface area contributed by atoms with Crippen molar-refractivity contribution in [3.63, 3.8) is 0 Å². The fourth-order valence-corrected chi connectivity index (χ4v) is 3.34. The topological polar surface area (TPSA) is 0 Å². The van der Waals surface area contributed by atoms with Crippen molar-refractivity contribution in [2.75, 3.05) is 0 Å². The van der Waals surface area contributed by atoms with Gasteiger partial charge in [-0.15, -0.1) is 0 Å². The fraction of sp³-hybridized carbons (Fsp3) is 0.0769. The molecule has 4 rings (SSSR count). The Bertz CT molecular complexity index is 1350. The zero-order chi connectivity index (χ0) is 22.1. The number of hydrogen-bond acceptors (Lipinski definition) is 0. The summed E-state index contributed by atoms with van der Waals surface area (Å²) in [6.45, 7) is 1.88. The second kappa shape index (κ2) is 8.23. The Kier molecular flexibility index (Phi) is 5.48. The van der Waals surface area contributed by atoms with Crippen LogP contribution in [0.2, 0.25) is 0 Å². The summed E-state index contributed by atoms with van der Waals surface area (Å²) >= 11 is 0. The van der Waals surface area contributed by atoms with Crippen LogP contribution < -0.4 is 0 Å². The molecule has 0 aliphatic carbocycles. The van der Waals surface area contributed by atoms with Gasteiger partial charge in [0.1, 0.15) is 17.5 Å². The number of fused-ring (bicyclic) bond motifs is 1. The van der Waals surface area contributed by atoms with Gasteiger partial charge in [0.25, 0.3) is 0 Å². The molecule has 0 saturated heterocycles. The van der Waals surface area contributed by atoms with Crippen molar-refractivity contribution in [2.24, 2.45) is 0 Å². The van der Waals surface area contributed by atoms with Crippen LogP contribution in [0.25, 0.3) is 21.9 Å². The molecule has 0 atom stereocenters. The molecule has 4 aromatic carbocycles. The van der Waals surface area contributed by atoms with E-state index in [4.69, 9.17) is 0 Å². The summed E-state index contributed by atoms with van der Waals surface area (Å²) in [4.78, 5) is 0. The summed E-state index contributed by atoms with van der Waals surface area (Å²) in [5.74, 6) is 0.742. The van der Waals surface area contributed by atoms with Gasteiger partial charge in [-0.25, -0.2) is 22.0 Å². The highest BCUT2D eigenvalue weighted by molar-refractivity contribution is 5.84. The summed E-state index contributed by atoms with van der Waals surface area (Å²) in [7, 11) is 0. The van der Waals surface area contributed by atoms with Crippen molar-refractivity contribution < 1.29 is 22.0 Å². The largest absolute Gasteiger partial charge is 0.206 e. The van der Waals surface area contributed by atoms with Crippen molar-refractivity contribution in [3.05, 3.63) is 106 Å². The van der Waals surface area contributed by atoms with E-state index in [1.807, 2.05) is 6.92 Å². The molecule has 154 valence electrons. The summed E-state index contributed by atoms with van der Waals surface area (Å²) in [5, 5.41) is 0.497. The van der Waals surface area contributed by atoms with Crippen molar-refractivity contribution >= 4 is 10.8 Å². The standard InChI is InChI=1S/C26H15F5/c1-2-15-3-7-19(23(28)12-15)18-13-24(29)21(25(30)14-18)9-5-16-4-8-20-17(11-16)6-10-22(27)26(20)31/h3-4,6-8,10-14H,2H2,1H3. The maximum atomic E-state index is 14.6. The van der Waals surface area contributed by atoms with Gasteiger partial charge in [-0.1, -0.05) is 43.0 Å². The zero-order valence-electron chi connectivity index (χ0n) is 16.4. The fourth-order valence-electron chi connectivity index (χ4n) is 3.34. The Balaban J connectivity index is 1.70. The van der Waals surface area contributed by atoms with E-state index in [1.165, 1.54) is 36.4 Å². The lowest BCUT2D eigenvalue weighted by Gasteiger charge is -2.07. The molecule has 0 aliphatic heterocycles. The molecule has 0 radical (unpaired) electrons. The van der Waals surface area contributed by atoms with Crippen LogP contribution in [0, 0.1) is 40.9 Å². The van der Waals surface area contributed by atoms with Crippen LogP contribution in [0.1, 0.15) is 23.6 Å². The first-order valence-corrected chi connectivity index (χ1v) is 9.55. The molecule has 0 amide bonds. The maximum absolute atomic E-state index is 14.6. The lowest BCUT2D eigenvalue weighted by molar-refractivity contribution is 0.517. The van der Waals surface area contributed by atoms with Crippen LogP contribution in [-0.2, 0) is 6.42 Å². The van der Waals surface area contributed by atoms with Crippen molar-refractivity contribution in [1.29, 1.82) is 0 Å². The second-order valence-corrected chi connectivity index (χ2v) is 7.03. The molecule has 0 saturated carbocycles. The molecular formula is C26H15F5. The van der Waals surface area contributed by atoms with Gasteiger partial charge in [0.05, 0.1) is 5.56 Å². The number of benzene rings is 4. The van der Waals surface area contributed by atoms with E-state index in [0.717, 1.165) is 23.8 Å². The molecular weight excluding hydrogens is 407 g/mol. The predicted octanol–water partition coefficient (Wildman–Crippen LogP) is 7.16. The van der Waals surface area contributed by atoms with Gasteiger partial charge in [0.15, 0.2) is 11.6 Å². The second-order valence-electron chi connectivity index (χ2n) is 7.03. The Morgan fingerprint density at radius 2 is 1.42 bits per heavy atom. The monoisotopic (exact) mass is 422 g/mol. The first-order valence-electron chi connectivity index (χ1n) is 9.55. The third-order valence-corrected chi connectivity index (χ3v) is 5.03. The maximum Gasteiger partial charge on any atom is 0.166 e. The van der Waals surface area contributed by atoms with E-state index in [2.05, 4.69) is 11.8 Å². The summed E-state index contributed by atoms with van der Waals surface area (Å²) in [6, 6.07) is 13.3. The number of rotatable bonds is 2. The molecule has 0 aromatic heterocycles. The normalized spacial score (nSPS) is 10.8. The quantitative estimate of drug-likeness (QED) is 0.237. The molecule has 0 nitrogen and oxygen atoms in total. The third-order valence-electron chi connectivity index (χ3n) is 5.03. The summed E-state index contributed by atoms with van der Waals surface area (Å²) in [6.07, 6.45) is 0.644. The molecule has 0 unspecified atom stereocenters. The van der Waals surface area contributed by atoms with E-state index >= 15 is 0 Å². The minimum atomic E-state index is -0.969. The zero-order valence-corrected chi connectivity index (χ0v) is 16.4. The van der Waals surface area contributed by atoms with Crippen molar-refractivity contribution in [3.8, 4) is 23.0 Å². The average molecular weight is 422 g/mol. The smallest absolute Gasteiger partial charge is 0.166 e. The van der Waals surface area contributed by atoms with Crippen LogP contribution in [-0.4, -0.2) is 0 Å². The van der Waals surface area contributed by atoms with Gasteiger partial charge in [-0.3, -0.25) is 0 Å². The van der Waals surface area contributed by atoms with Crippen LogP contribution in [0.5, 0.6) is 0 Å². The van der Waals surface area contributed by atoms with E-state index in [0.29, 0.717) is 17.4 Å². The summed E-state index contributed by atoms with van der Waals surface area (Å²) in [5.41, 5.74) is 0.868. The van der Waals surface area contributed by atoms with Gasteiger partial charge < -0.3 is 0 Å². The Hall–Kier alpha value is -3.65. The highest BCUT2D eigenvalue weighted by Gasteiger charge is 2.14. The predicted molar refractivity (Wildman–Crippen MR) is 111 cm³/mol. The highest BCUT2D eigenvalue weighted by atomic mass is 19.2. The molecule has 0 fully saturated rings. The van der Waals surface area contributed by atoms with Gasteiger partial charge in [0.2, 0.25) is 0 Å². The molecule has 0 heterocycles. The van der Waals surface area contributed by atoms with Gasteiger partial charge in [0, 0.05) is 16.5 Å². The number of aryl methyl sites for hydroxylation is 1. The van der Waals surface area contributed by atoms with Crippen LogP contribution in [0.3, 0.4) is 0 Å². The third kappa shape index (κ3) is 4.02. The molecule has 0 N–H and O–H groups in total.